The first kappa shape index (κ1) is 12.2. The van der Waals surface area contributed by atoms with Crippen LogP contribution in [0.2, 0.25) is 0 Å². The molecule has 0 saturated carbocycles. The number of anilines is 1. The van der Waals surface area contributed by atoms with E-state index in [0.717, 1.165) is 4.47 Å². The lowest BCUT2D eigenvalue weighted by atomic mass is 10.1. The highest BCUT2D eigenvalue weighted by atomic mass is 79.9. The molecule has 0 fully saturated rings. The number of hydrogen-bond acceptors (Lipinski definition) is 2. The molecule has 0 aliphatic carbocycles. The Balaban J connectivity index is 1.89. The van der Waals surface area contributed by atoms with Crippen molar-refractivity contribution in [2.75, 3.05) is 5.73 Å². The SMILES string of the molecule is Nc1ccc(Br)cc1C(=O)N1Cc2ccccc2C1. The van der Waals surface area contributed by atoms with E-state index in [0.29, 0.717) is 24.3 Å². The van der Waals surface area contributed by atoms with Crippen LogP contribution < -0.4 is 5.73 Å². The van der Waals surface area contributed by atoms with Crippen LogP contribution in [0.25, 0.3) is 0 Å². The van der Waals surface area contributed by atoms with E-state index < -0.39 is 0 Å². The van der Waals surface area contributed by atoms with Crippen LogP contribution in [-0.2, 0) is 13.1 Å². The summed E-state index contributed by atoms with van der Waals surface area (Å²) in [4.78, 5) is 14.3. The molecule has 3 rings (SSSR count). The van der Waals surface area contributed by atoms with E-state index in [-0.39, 0.29) is 5.91 Å². The summed E-state index contributed by atoms with van der Waals surface area (Å²) in [7, 11) is 0. The van der Waals surface area contributed by atoms with Gasteiger partial charge in [-0.15, -0.1) is 0 Å². The third-order valence-electron chi connectivity index (χ3n) is 3.37. The maximum Gasteiger partial charge on any atom is 0.256 e. The summed E-state index contributed by atoms with van der Waals surface area (Å²) in [6, 6.07) is 13.5. The predicted molar refractivity (Wildman–Crippen MR) is 78.6 cm³/mol. The second-order valence-corrected chi connectivity index (χ2v) is 5.58. The molecule has 0 saturated heterocycles. The van der Waals surface area contributed by atoms with Crippen molar-refractivity contribution in [2.24, 2.45) is 0 Å². The third kappa shape index (κ3) is 2.24. The average molecular weight is 317 g/mol. The Labute approximate surface area is 120 Å². The highest BCUT2D eigenvalue weighted by molar-refractivity contribution is 9.10. The number of nitrogen functional groups attached to an aromatic ring is 1. The standard InChI is InChI=1S/C15H13BrN2O/c16-12-5-6-14(17)13(7-12)15(19)18-8-10-3-1-2-4-11(10)9-18/h1-7H,8-9,17H2. The van der Waals surface area contributed by atoms with Gasteiger partial charge >= 0.3 is 0 Å². The summed E-state index contributed by atoms with van der Waals surface area (Å²) in [6.45, 7) is 1.31. The lowest BCUT2D eigenvalue weighted by Gasteiger charge is -2.16. The van der Waals surface area contributed by atoms with Gasteiger partial charge in [-0.05, 0) is 29.3 Å². The Bertz CT molecular complexity index is 629. The molecule has 2 N–H and O–H groups in total. The van der Waals surface area contributed by atoms with Gasteiger partial charge in [-0.1, -0.05) is 40.2 Å². The lowest BCUT2D eigenvalue weighted by Crippen LogP contribution is -2.26. The second-order valence-electron chi connectivity index (χ2n) is 4.66. The summed E-state index contributed by atoms with van der Waals surface area (Å²) in [5, 5.41) is 0. The fourth-order valence-corrected chi connectivity index (χ4v) is 2.72. The van der Waals surface area contributed by atoms with E-state index in [4.69, 9.17) is 5.73 Å². The first-order chi connectivity index (χ1) is 9.15. The molecule has 0 unspecified atom stereocenters. The topological polar surface area (TPSA) is 46.3 Å². The quantitative estimate of drug-likeness (QED) is 0.821. The molecular weight excluding hydrogens is 304 g/mol. The van der Waals surface area contributed by atoms with Gasteiger partial charge < -0.3 is 10.6 Å². The van der Waals surface area contributed by atoms with Gasteiger partial charge in [-0.25, -0.2) is 0 Å². The normalized spacial score (nSPS) is 13.4. The fourth-order valence-electron chi connectivity index (χ4n) is 2.36. The van der Waals surface area contributed by atoms with E-state index in [1.165, 1.54) is 11.1 Å². The van der Waals surface area contributed by atoms with Crippen molar-refractivity contribution in [2.45, 2.75) is 13.1 Å². The Morgan fingerprint density at radius 1 is 1.11 bits per heavy atom. The van der Waals surface area contributed by atoms with Crippen LogP contribution in [0.1, 0.15) is 21.5 Å². The van der Waals surface area contributed by atoms with Gasteiger partial charge in [-0.3, -0.25) is 4.79 Å². The molecule has 96 valence electrons. The molecule has 0 atom stereocenters. The van der Waals surface area contributed by atoms with Crippen LogP contribution in [0.5, 0.6) is 0 Å². The Morgan fingerprint density at radius 3 is 2.37 bits per heavy atom. The molecule has 3 nitrogen and oxygen atoms in total. The van der Waals surface area contributed by atoms with Gasteiger partial charge in [0.25, 0.3) is 5.91 Å². The molecule has 1 heterocycles. The minimum atomic E-state index is -0.0185. The largest absolute Gasteiger partial charge is 0.398 e. The van der Waals surface area contributed by atoms with Crippen molar-refractivity contribution in [3.8, 4) is 0 Å². The van der Waals surface area contributed by atoms with Crippen molar-refractivity contribution in [1.82, 2.24) is 4.90 Å². The Morgan fingerprint density at radius 2 is 1.74 bits per heavy atom. The van der Waals surface area contributed by atoms with Crippen LogP contribution in [0.15, 0.2) is 46.9 Å². The molecular formula is C15H13BrN2O. The van der Waals surface area contributed by atoms with Crippen LogP contribution in [0.3, 0.4) is 0 Å². The molecule has 0 bridgehead atoms. The Hall–Kier alpha value is -1.81. The predicted octanol–water partition coefficient (Wildman–Crippen LogP) is 3.19. The number of hydrogen-bond donors (Lipinski definition) is 1. The molecule has 0 spiro atoms. The zero-order valence-electron chi connectivity index (χ0n) is 10.3. The number of nitrogens with zero attached hydrogens (tertiary/aromatic N) is 1. The number of benzene rings is 2. The van der Waals surface area contributed by atoms with Gasteiger partial charge in [0.1, 0.15) is 0 Å². The van der Waals surface area contributed by atoms with E-state index in [1.807, 2.05) is 23.1 Å². The number of halogens is 1. The number of fused-ring (bicyclic) bond motifs is 1. The molecule has 0 aromatic heterocycles. The zero-order valence-corrected chi connectivity index (χ0v) is 11.9. The van der Waals surface area contributed by atoms with Gasteiger partial charge in [0, 0.05) is 23.2 Å². The maximum atomic E-state index is 12.5. The van der Waals surface area contributed by atoms with E-state index in [9.17, 15) is 4.79 Å². The fraction of sp³-hybridized carbons (Fsp3) is 0.133. The van der Waals surface area contributed by atoms with E-state index in [1.54, 1.807) is 12.1 Å². The molecule has 1 amide bonds. The molecule has 4 heteroatoms. The van der Waals surface area contributed by atoms with Crippen molar-refractivity contribution in [3.63, 3.8) is 0 Å². The third-order valence-corrected chi connectivity index (χ3v) is 3.87. The second kappa shape index (κ2) is 4.70. The van der Waals surface area contributed by atoms with E-state index >= 15 is 0 Å². The minimum Gasteiger partial charge on any atom is -0.398 e. The van der Waals surface area contributed by atoms with Crippen LogP contribution >= 0.6 is 15.9 Å². The van der Waals surface area contributed by atoms with E-state index in [2.05, 4.69) is 28.1 Å². The van der Waals surface area contributed by atoms with Crippen molar-refractivity contribution < 1.29 is 4.79 Å². The zero-order chi connectivity index (χ0) is 13.4. The maximum absolute atomic E-state index is 12.5. The number of amides is 1. The van der Waals surface area contributed by atoms with Gasteiger partial charge in [-0.2, -0.15) is 0 Å². The van der Waals surface area contributed by atoms with Gasteiger partial charge in [0.15, 0.2) is 0 Å². The lowest BCUT2D eigenvalue weighted by molar-refractivity contribution is 0.0752. The van der Waals surface area contributed by atoms with Crippen LogP contribution in [0, 0.1) is 0 Å². The van der Waals surface area contributed by atoms with Crippen LogP contribution in [0.4, 0.5) is 5.69 Å². The summed E-state index contributed by atoms with van der Waals surface area (Å²) in [6.07, 6.45) is 0. The average Bonchev–Trinajstić information content (AvgIpc) is 2.84. The number of rotatable bonds is 1. The summed E-state index contributed by atoms with van der Waals surface area (Å²) >= 11 is 3.38. The summed E-state index contributed by atoms with van der Waals surface area (Å²) < 4.78 is 0.863. The molecule has 1 aliphatic rings. The first-order valence-electron chi connectivity index (χ1n) is 6.06. The van der Waals surface area contributed by atoms with Gasteiger partial charge in [0.05, 0.1) is 5.56 Å². The molecule has 1 aliphatic heterocycles. The van der Waals surface area contributed by atoms with Crippen molar-refractivity contribution >= 4 is 27.5 Å². The summed E-state index contributed by atoms with van der Waals surface area (Å²) in [5.74, 6) is -0.0185. The smallest absolute Gasteiger partial charge is 0.256 e. The number of nitrogens with two attached hydrogens (primary N) is 1. The monoisotopic (exact) mass is 316 g/mol. The molecule has 2 aromatic rings. The Kier molecular flexibility index (Phi) is 3.03. The summed E-state index contributed by atoms with van der Waals surface area (Å²) in [5.41, 5.74) is 9.39. The van der Waals surface area contributed by atoms with Crippen molar-refractivity contribution in [1.29, 1.82) is 0 Å². The highest BCUT2D eigenvalue weighted by Gasteiger charge is 2.25. The molecule has 19 heavy (non-hydrogen) atoms. The number of carbonyl (C=O) groups excluding carboxylic acids is 1. The van der Waals surface area contributed by atoms with Crippen molar-refractivity contribution in [3.05, 3.63) is 63.6 Å². The van der Waals surface area contributed by atoms with Crippen LogP contribution in [-0.4, -0.2) is 10.8 Å². The van der Waals surface area contributed by atoms with Gasteiger partial charge in [0.2, 0.25) is 0 Å². The molecule has 0 radical (unpaired) electrons. The number of carbonyl (C=O) groups is 1. The minimum absolute atomic E-state index is 0.0185. The molecule has 2 aromatic carbocycles. The first-order valence-corrected chi connectivity index (χ1v) is 6.85. The highest BCUT2D eigenvalue weighted by Crippen LogP contribution is 2.26.